The Hall–Kier alpha value is -1.78. The van der Waals surface area contributed by atoms with E-state index in [1.165, 1.54) is 0 Å². The second kappa shape index (κ2) is 3.17. The highest BCUT2D eigenvalue weighted by atomic mass is 16.4. The minimum absolute atomic E-state index is 0.211. The summed E-state index contributed by atoms with van der Waals surface area (Å²) < 4.78 is 0. The Labute approximate surface area is 80.1 Å². The molecule has 1 aromatic heterocycles. The van der Waals surface area contributed by atoms with Crippen molar-refractivity contribution in [1.82, 2.24) is 4.98 Å². The maximum atomic E-state index is 11.4. The molecule has 5 nitrogen and oxygen atoms in total. The SMILES string of the molecule is O=C(O)C1CC1C(=O)Nc1cc[nH]c1. The molecule has 0 saturated heterocycles. The van der Waals surface area contributed by atoms with Crippen LogP contribution in [0.2, 0.25) is 0 Å². The molecule has 0 aromatic carbocycles. The molecular weight excluding hydrogens is 184 g/mol. The van der Waals surface area contributed by atoms with Crippen LogP contribution >= 0.6 is 0 Å². The number of nitrogens with one attached hydrogen (secondary N) is 2. The standard InChI is InChI=1S/C9H10N2O3/c12-8(6-3-7(6)9(13)14)11-5-1-2-10-4-5/h1-2,4,6-7,10H,3H2,(H,11,12)(H,13,14). The van der Waals surface area contributed by atoms with Crippen LogP contribution in [0.1, 0.15) is 6.42 Å². The summed E-state index contributed by atoms with van der Waals surface area (Å²) in [6, 6.07) is 1.72. The molecule has 1 heterocycles. The van der Waals surface area contributed by atoms with Crippen LogP contribution in [0.25, 0.3) is 0 Å². The molecule has 0 radical (unpaired) electrons. The van der Waals surface area contributed by atoms with Gasteiger partial charge in [0.2, 0.25) is 5.91 Å². The van der Waals surface area contributed by atoms with Gasteiger partial charge in [0, 0.05) is 12.4 Å². The molecule has 14 heavy (non-hydrogen) atoms. The van der Waals surface area contributed by atoms with Crippen LogP contribution < -0.4 is 5.32 Å². The van der Waals surface area contributed by atoms with Gasteiger partial charge in [-0.1, -0.05) is 0 Å². The fourth-order valence-electron chi connectivity index (χ4n) is 1.39. The maximum absolute atomic E-state index is 11.4. The van der Waals surface area contributed by atoms with Crippen molar-refractivity contribution in [2.45, 2.75) is 6.42 Å². The lowest BCUT2D eigenvalue weighted by atomic mass is 10.3. The number of carboxylic acid groups (broad SMARTS) is 1. The van der Waals surface area contributed by atoms with Gasteiger partial charge in [-0.2, -0.15) is 0 Å². The van der Waals surface area contributed by atoms with Crippen LogP contribution in [0, 0.1) is 11.8 Å². The van der Waals surface area contributed by atoms with Crippen molar-refractivity contribution in [1.29, 1.82) is 0 Å². The van der Waals surface area contributed by atoms with E-state index in [2.05, 4.69) is 10.3 Å². The minimum atomic E-state index is -0.890. The first-order chi connectivity index (χ1) is 6.68. The first kappa shape index (κ1) is 8.80. The van der Waals surface area contributed by atoms with Gasteiger partial charge in [-0.3, -0.25) is 9.59 Å². The van der Waals surface area contributed by atoms with Crippen molar-refractivity contribution >= 4 is 17.6 Å². The summed E-state index contributed by atoms with van der Waals surface area (Å²) in [5.41, 5.74) is 0.672. The molecule has 1 fully saturated rings. The van der Waals surface area contributed by atoms with Gasteiger partial charge in [0.05, 0.1) is 17.5 Å². The van der Waals surface area contributed by atoms with Crippen molar-refractivity contribution in [3.8, 4) is 0 Å². The van der Waals surface area contributed by atoms with E-state index in [-0.39, 0.29) is 11.8 Å². The fraction of sp³-hybridized carbons (Fsp3) is 0.333. The second-order valence-electron chi connectivity index (χ2n) is 3.38. The van der Waals surface area contributed by atoms with Gasteiger partial charge in [-0.25, -0.2) is 0 Å². The topological polar surface area (TPSA) is 82.2 Å². The molecule has 0 spiro atoms. The maximum Gasteiger partial charge on any atom is 0.307 e. The third kappa shape index (κ3) is 1.61. The average Bonchev–Trinajstić information content (AvgIpc) is 2.80. The fourth-order valence-corrected chi connectivity index (χ4v) is 1.39. The van der Waals surface area contributed by atoms with Crippen LogP contribution in [0.3, 0.4) is 0 Å². The molecular formula is C9H10N2O3. The van der Waals surface area contributed by atoms with Crippen molar-refractivity contribution in [3.63, 3.8) is 0 Å². The molecule has 74 valence electrons. The smallest absolute Gasteiger partial charge is 0.307 e. The predicted molar refractivity (Wildman–Crippen MR) is 48.7 cm³/mol. The van der Waals surface area contributed by atoms with Gasteiger partial charge in [0.15, 0.2) is 0 Å². The zero-order valence-electron chi connectivity index (χ0n) is 7.36. The predicted octanol–water partition coefficient (Wildman–Crippen LogP) is 0.674. The van der Waals surface area contributed by atoms with E-state index >= 15 is 0 Å². The monoisotopic (exact) mass is 194 g/mol. The van der Waals surface area contributed by atoms with E-state index in [0.29, 0.717) is 12.1 Å². The van der Waals surface area contributed by atoms with Gasteiger partial charge in [-0.15, -0.1) is 0 Å². The van der Waals surface area contributed by atoms with Crippen molar-refractivity contribution in [3.05, 3.63) is 18.5 Å². The Balaban J connectivity index is 1.90. The molecule has 1 aliphatic carbocycles. The molecule has 5 heteroatoms. The normalized spacial score (nSPS) is 24.3. The van der Waals surface area contributed by atoms with Gasteiger partial charge in [0.1, 0.15) is 0 Å². The minimum Gasteiger partial charge on any atom is -0.481 e. The van der Waals surface area contributed by atoms with Gasteiger partial charge < -0.3 is 15.4 Å². The summed E-state index contributed by atoms with van der Waals surface area (Å²) >= 11 is 0. The third-order valence-corrected chi connectivity index (χ3v) is 2.31. The summed E-state index contributed by atoms with van der Waals surface area (Å²) in [6.45, 7) is 0. The van der Waals surface area contributed by atoms with E-state index < -0.39 is 11.9 Å². The first-order valence-corrected chi connectivity index (χ1v) is 4.35. The summed E-state index contributed by atoms with van der Waals surface area (Å²) in [4.78, 5) is 24.7. The lowest BCUT2D eigenvalue weighted by molar-refractivity contribution is -0.139. The molecule has 2 rings (SSSR count). The number of rotatable bonds is 3. The van der Waals surface area contributed by atoms with E-state index in [1.807, 2.05) is 0 Å². The first-order valence-electron chi connectivity index (χ1n) is 4.35. The van der Waals surface area contributed by atoms with E-state index in [1.54, 1.807) is 18.5 Å². The molecule has 1 amide bonds. The number of carboxylic acids is 1. The Morgan fingerprint density at radius 1 is 1.50 bits per heavy atom. The molecule has 1 saturated carbocycles. The zero-order chi connectivity index (χ0) is 10.1. The van der Waals surface area contributed by atoms with Gasteiger partial charge in [0.25, 0.3) is 0 Å². The number of aromatic amines is 1. The molecule has 2 atom stereocenters. The number of amides is 1. The number of carbonyl (C=O) groups is 2. The lowest BCUT2D eigenvalue weighted by Gasteiger charge is -1.99. The van der Waals surface area contributed by atoms with Crippen LogP contribution in [0.5, 0.6) is 0 Å². The molecule has 3 N–H and O–H groups in total. The highest BCUT2D eigenvalue weighted by molar-refractivity contribution is 5.98. The number of hydrogen-bond acceptors (Lipinski definition) is 2. The molecule has 1 aromatic rings. The summed E-state index contributed by atoms with van der Waals surface area (Å²) in [5, 5.41) is 11.2. The van der Waals surface area contributed by atoms with E-state index in [0.717, 1.165) is 0 Å². The number of H-pyrrole nitrogens is 1. The van der Waals surface area contributed by atoms with Crippen LogP contribution in [-0.4, -0.2) is 22.0 Å². The van der Waals surface area contributed by atoms with Gasteiger partial charge in [-0.05, 0) is 12.5 Å². The van der Waals surface area contributed by atoms with E-state index in [4.69, 9.17) is 5.11 Å². The second-order valence-corrected chi connectivity index (χ2v) is 3.38. The number of aliphatic carboxylic acids is 1. The quantitative estimate of drug-likeness (QED) is 0.661. The van der Waals surface area contributed by atoms with Crippen LogP contribution in [-0.2, 0) is 9.59 Å². The number of carbonyl (C=O) groups excluding carboxylic acids is 1. The Morgan fingerprint density at radius 3 is 2.79 bits per heavy atom. The van der Waals surface area contributed by atoms with E-state index in [9.17, 15) is 9.59 Å². The molecule has 1 aliphatic rings. The lowest BCUT2D eigenvalue weighted by Crippen LogP contribution is -2.16. The largest absolute Gasteiger partial charge is 0.481 e. The van der Waals surface area contributed by atoms with Crippen molar-refractivity contribution in [2.24, 2.45) is 11.8 Å². The third-order valence-electron chi connectivity index (χ3n) is 2.31. The zero-order valence-corrected chi connectivity index (χ0v) is 7.36. The average molecular weight is 194 g/mol. The van der Waals surface area contributed by atoms with Crippen LogP contribution in [0.4, 0.5) is 5.69 Å². The Kier molecular flexibility index (Phi) is 1.99. The number of hydrogen-bond donors (Lipinski definition) is 3. The highest BCUT2D eigenvalue weighted by Gasteiger charge is 2.48. The number of anilines is 1. The number of aromatic nitrogens is 1. The highest BCUT2D eigenvalue weighted by Crippen LogP contribution is 2.39. The molecule has 0 aliphatic heterocycles. The molecule has 0 bridgehead atoms. The Morgan fingerprint density at radius 2 is 2.29 bits per heavy atom. The van der Waals surface area contributed by atoms with Gasteiger partial charge >= 0.3 is 5.97 Å². The van der Waals surface area contributed by atoms with Crippen molar-refractivity contribution in [2.75, 3.05) is 5.32 Å². The molecule has 2 unspecified atom stereocenters. The van der Waals surface area contributed by atoms with Crippen molar-refractivity contribution < 1.29 is 14.7 Å². The summed E-state index contributed by atoms with van der Waals surface area (Å²) in [7, 11) is 0. The van der Waals surface area contributed by atoms with Crippen LogP contribution in [0.15, 0.2) is 18.5 Å². The summed E-state index contributed by atoms with van der Waals surface area (Å²) in [5.74, 6) is -1.95. The summed E-state index contributed by atoms with van der Waals surface area (Å²) in [6.07, 6.45) is 3.79. The Bertz CT molecular complexity index is 358.